The number of benzene rings is 2. The number of aromatic nitrogens is 3. The fourth-order valence-corrected chi connectivity index (χ4v) is 3.62. The lowest BCUT2D eigenvalue weighted by Gasteiger charge is -2.16. The van der Waals surface area contributed by atoms with Crippen LogP contribution in [-0.4, -0.2) is 14.5 Å². The lowest BCUT2D eigenvalue weighted by atomic mass is 10.1. The summed E-state index contributed by atoms with van der Waals surface area (Å²) in [5, 5.41) is 0. The van der Waals surface area contributed by atoms with Gasteiger partial charge >= 0.3 is 0 Å². The van der Waals surface area contributed by atoms with E-state index in [0.717, 1.165) is 11.1 Å². The Labute approximate surface area is 189 Å². The first kappa shape index (κ1) is 21.0. The summed E-state index contributed by atoms with van der Waals surface area (Å²) in [5.41, 5.74) is 3.25. The zero-order valence-corrected chi connectivity index (χ0v) is 18.7. The second-order valence-electron chi connectivity index (χ2n) is 7.15. The average molecular weight is 476 g/mol. The van der Waals surface area contributed by atoms with Gasteiger partial charge in [-0.3, -0.25) is 9.36 Å². The van der Waals surface area contributed by atoms with Crippen LogP contribution in [0.3, 0.4) is 0 Å². The van der Waals surface area contributed by atoms with Gasteiger partial charge in [-0.2, -0.15) is 0 Å². The number of hydrogen-bond donors (Lipinski definition) is 0. The van der Waals surface area contributed by atoms with E-state index in [1.807, 2.05) is 67.6 Å². The van der Waals surface area contributed by atoms with Gasteiger partial charge in [0.2, 0.25) is 0 Å². The first-order valence-corrected chi connectivity index (χ1v) is 10.9. The van der Waals surface area contributed by atoms with Crippen molar-refractivity contribution in [1.82, 2.24) is 14.5 Å². The molecular weight excluding hydrogens is 454 g/mol. The van der Waals surface area contributed by atoms with E-state index >= 15 is 0 Å². The van der Waals surface area contributed by atoms with Crippen LogP contribution in [0.1, 0.15) is 16.8 Å². The number of aryl methyl sites for hydroxylation is 2. The molecular formula is C25H22BrN3O2. The molecule has 5 nitrogen and oxygen atoms in total. The molecule has 2 aromatic heterocycles. The van der Waals surface area contributed by atoms with Gasteiger partial charge in [0.1, 0.15) is 22.5 Å². The van der Waals surface area contributed by atoms with E-state index in [0.29, 0.717) is 47.0 Å². The summed E-state index contributed by atoms with van der Waals surface area (Å²) >= 11 is 3.40. The van der Waals surface area contributed by atoms with Crippen molar-refractivity contribution in [3.05, 3.63) is 111 Å². The van der Waals surface area contributed by atoms with Crippen molar-refractivity contribution >= 4 is 15.9 Å². The minimum atomic E-state index is -0.127. The summed E-state index contributed by atoms with van der Waals surface area (Å²) < 4.78 is 8.21. The Kier molecular flexibility index (Phi) is 6.57. The van der Waals surface area contributed by atoms with E-state index < -0.39 is 0 Å². The Balaban J connectivity index is 1.71. The van der Waals surface area contributed by atoms with Crippen LogP contribution in [-0.2, 0) is 19.6 Å². The summed E-state index contributed by atoms with van der Waals surface area (Å²) in [6.45, 7) is 2.70. The predicted octanol–water partition coefficient (Wildman–Crippen LogP) is 5.20. The van der Waals surface area contributed by atoms with Crippen molar-refractivity contribution in [1.29, 1.82) is 0 Å². The Hall–Kier alpha value is -3.25. The van der Waals surface area contributed by atoms with Gasteiger partial charge in [-0.1, -0.05) is 60.7 Å². The molecule has 0 radical (unpaired) electrons. The van der Waals surface area contributed by atoms with Crippen LogP contribution in [0.5, 0.6) is 5.75 Å². The van der Waals surface area contributed by atoms with Crippen LogP contribution in [0.4, 0.5) is 0 Å². The van der Waals surface area contributed by atoms with Crippen LogP contribution in [0.2, 0.25) is 0 Å². The SMILES string of the molecule is Cc1nc(-c2ncccc2OCc2ccccc2)n(CCc2ccccc2)c(=O)c1Br. The monoisotopic (exact) mass is 475 g/mol. The fourth-order valence-electron chi connectivity index (χ4n) is 3.32. The number of rotatable bonds is 7. The minimum absolute atomic E-state index is 0.127. The molecule has 4 rings (SSSR count). The fraction of sp³-hybridized carbons (Fsp3) is 0.160. The van der Waals surface area contributed by atoms with E-state index in [4.69, 9.17) is 9.72 Å². The molecule has 0 aliphatic carbocycles. The van der Waals surface area contributed by atoms with Gasteiger partial charge in [0, 0.05) is 12.7 Å². The van der Waals surface area contributed by atoms with E-state index in [2.05, 4.69) is 33.0 Å². The van der Waals surface area contributed by atoms with Crippen molar-refractivity contribution < 1.29 is 4.74 Å². The zero-order valence-electron chi connectivity index (χ0n) is 17.2. The predicted molar refractivity (Wildman–Crippen MR) is 125 cm³/mol. The van der Waals surface area contributed by atoms with Gasteiger partial charge in [-0.25, -0.2) is 9.97 Å². The highest BCUT2D eigenvalue weighted by molar-refractivity contribution is 9.10. The van der Waals surface area contributed by atoms with Crippen LogP contribution in [0.15, 0.2) is 88.3 Å². The molecule has 156 valence electrons. The average Bonchev–Trinajstić information content (AvgIpc) is 2.82. The van der Waals surface area contributed by atoms with Gasteiger partial charge in [0.05, 0.1) is 5.69 Å². The highest BCUT2D eigenvalue weighted by Gasteiger charge is 2.18. The van der Waals surface area contributed by atoms with Crippen molar-refractivity contribution in [2.75, 3.05) is 0 Å². The number of nitrogens with zero attached hydrogens (tertiary/aromatic N) is 3. The molecule has 0 N–H and O–H groups in total. The van der Waals surface area contributed by atoms with Gasteiger partial charge < -0.3 is 4.74 Å². The molecule has 0 amide bonds. The third-order valence-electron chi connectivity index (χ3n) is 4.97. The first-order chi connectivity index (χ1) is 15.1. The van der Waals surface area contributed by atoms with Crippen LogP contribution in [0, 0.1) is 6.92 Å². The maximum absolute atomic E-state index is 13.1. The molecule has 0 fully saturated rings. The highest BCUT2D eigenvalue weighted by Crippen LogP contribution is 2.27. The Bertz CT molecular complexity index is 1220. The van der Waals surface area contributed by atoms with Crippen LogP contribution < -0.4 is 10.3 Å². The molecule has 0 aliphatic heterocycles. The van der Waals surface area contributed by atoms with Crippen molar-refractivity contribution in [3.63, 3.8) is 0 Å². The molecule has 0 saturated carbocycles. The molecule has 31 heavy (non-hydrogen) atoms. The van der Waals surface area contributed by atoms with Gasteiger partial charge in [0.25, 0.3) is 5.56 Å². The highest BCUT2D eigenvalue weighted by atomic mass is 79.9. The molecule has 0 spiro atoms. The number of halogens is 1. The second kappa shape index (κ2) is 9.71. The van der Waals surface area contributed by atoms with Gasteiger partial charge in [-0.15, -0.1) is 0 Å². The molecule has 6 heteroatoms. The van der Waals surface area contributed by atoms with E-state index in [1.54, 1.807) is 10.8 Å². The Morgan fingerprint density at radius 2 is 1.61 bits per heavy atom. The molecule has 2 heterocycles. The standard InChI is InChI=1S/C25H22BrN3O2/c1-18-22(26)25(30)29(16-14-19-9-4-2-5-10-19)24(28-18)23-21(13-8-15-27-23)31-17-20-11-6-3-7-12-20/h2-13,15H,14,16-17H2,1H3. The summed E-state index contributed by atoms with van der Waals surface area (Å²) in [4.78, 5) is 22.3. The number of pyridine rings is 1. The second-order valence-corrected chi connectivity index (χ2v) is 7.94. The van der Waals surface area contributed by atoms with Crippen LogP contribution >= 0.6 is 15.9 Å². The molecule has 0 bridgehead atoms. The normalized spacial score (nSPS) is 10.8. The van der Waals surface area contributed by atoms with Gasteiger partial charge in [-0.05, 0) is 52.5 Å². The lowest BCUT2D eigenvalue weighted by molar-refractivity contribution is 0.306. The molecule has 0 unspecified atom stereocenters. The van der Waals surface area contributed by atoms with E-state index in [9.17, 15) is 4.79 Å². The minimum Gasteiger partial charge on any atom is -0.486 e. The topological polar surface area (TPSA) is 57.0 Å². The quantitative estimate of drug-likeness (QED) is 0.368. The van der Waals surface area contributed by atoms with Crippen molar-refractivity contribution in [3.8, 4) is 17.3 Å². The Morgan fingerprint density at radius 3 is 2.32 bits per heavy atom. The molecule has 2 aromatic carbocycles. The van der Waals surface area contributed by atoms with Crippen molar-refractivity contribution in [2.24, 2.45) is 0 Å². The number of hydrogen-bond acceptors (Lipinski definition) is 4. The summed E-state index contributed by atoms with van der Waals surface area (Å²) in [7, 11) is 0. The molecule has 0 saturated heterocycles. The summed E-state index contributed by atoms with van der Waals surface area (Å²) in [5.74, 6) is 1.10. The molecule has 0 atom stereocenters. The number of ether oxygens (including phenoxy) is 1. The third-order valence-corrected chi connectivity index (χ3v) is 5.88. The maximum atomic E-state index is 13.1. The summed E-state index contributed by atoms with van der Waals surface area (Å²) in [6, 6.07) is 23.7. The largest absolute Gasteiger partial charge is 0.486 e. The molecule has 0 aliphatic rings. The van der Waals surface area contributed by atoms with Gasteiger partial charge in [0.15, 0.2) is 5.82 Å². The first-order valence-electron chi connectivity index (χ1n) is 10.1. The van der Waals surface area contributed by atoms with E-state index in [-0.39, 0.29) is 5.56 Å². The molecule has 4 aromatic rings. The van der Waals surface area contributed by atoms with Crippen LogP contribution in [0.25, 0.3) is 11.5 Å². The van der Waals surface area contributed by atoms with Crippen molar-refractivity contribution in [2.45, 2.75) is 26.5 Å². The Morgan fingerprint density at radius 1 is 0.935 bits per heavy atom. The smallest absolute Gasteiger partial charge is 0.268 e. The lowest BCUT2D eigenvalue weighted by Crippen LogP contribution is -2.26. The third kappa shape index (κ3) is 4.91. The maximum Gasteiger partial charge on any atom is 0.268 e. The van der Waals surface area contributed by atoms with E-state index in [1.165, 1.54) is 0 Å². The summed E-state index contributed by atoms with van der Waals surface area (Å²) in [6.07, 6.45) is 2.40. The zero-order chi connectivity index (χ0) is 21.6.